The Bertz CT molecular complexity index is 647. The van der Waals surface area contributed by atoms with E-state index in [2.05, 4.69) is 0 Å². The molecular formula is C15H20O9. The van der Waals surface area contributed by atoms with E-state index in [1.807, 2.05) is 0 Å². The molecule has 0 aromatic carbocycles. The molecule has 0 unspecified atom stereocenters. The molecule has 2 spiro atoms. The molecule has 0 amide bonds. The molecule has 9 nitrogen and oxygen atoms in total. The SMILES string of the molecule is C[C@H]1[C@H](O)[C@H](O)[C@]2(O)[C@]13C[C@H](OC(=O)[C@H]3O)[C@@](C)(O)[C@]21COC1=O. The summed E-state index contributed by atoms with van der Waals surface area (Å²) < 4.78 is 9.91. The van der Waals surface area contributed by atoms with E-state index < -0.39 is 70.9 Å². The molecule has 134 valence electrons. The number of aliphatic hydroxyl groups excluding tert-OH is 3. The molecule has 5 N–H and O–H groups in total. The van der Waals surface area contributed by atoms with Crippen LogP contribution in [0.5, 0.6) is 0 Å². The van der Waals surface area contributed by atoms with Crippen LogP contribution in [-0.4, -0.2) is 79.7 Å². The average Bonchev–Trinajstić information content (AvgIpc) is 2.64. The topological polar surface area (TPSA) is 154 Å². The first-order valence-corrected chi connectivity index (χ1v) is 7.87. The van der Waals surface area contributed by atoms with Crippen molar-refractivity contribution >= 4 is 11.9 Å². The van der Waals surface area contributed by atoms with Crippen LogP contribution in [0, 0.1) is 16.7 Å². The standard InChI is InChI=1S/C15H20O9/c1-5-7(16)8(17)15(22)13(5)3-6(24-10(19)9(13)18)12(2,21)14(15)4-23-11(14)20/h5-9,16-18,21-22H,3-4H2,1-2H3/t5-,6-,7-,8-,9+,12+,13+,14+,15-/m0/s1. The van der Waals surface area contributed by atoms with Crippen molar-refractivity contribution in [2.75, 3.05) is 6.61 Å². The lowest BCUT2D eigenvalue weighted by Gasteiger charge is -2.69. The lowest BCUT2D eigenvalue weighted by atomic mass is 9.42. The van der Waals surface area contributed by atoms with E-state index in [-0.39, 0.29) is 6.42 Å². The Morgan fingerprint density at radius 3 is 2.29 bits per heavy atom. The lowest BCUT2D eigenvalue weighted by molar-refractivity contribution is -0.371. The maximum absolute atomic E-state index is 12.4. The van der Waals surface area contributed by atoms with Crippen LogP contribution < -0.4 is 0 Å². The molecule has 9 atom stereocenters. The van der Waals surface area contributed by atoms with Gasteiger partial charge in [-0.05, 0) is 19.3 Å². The van der Waals surface area contributed by atoms with Gasteiger partial charge in [-0.25, -0.2) is 4.79 Å². The van der Waals surface area contributed by atoms with Crippen molar-refractivity contribution in [3.8, 4) is 0 Å². The first-order valence-electron chi connectivity index (χ1n) is 7.87. The lowest BCUT2D eigenvalue weighted by Crippen LogP contribution is -2.87. The van der Waals surface area contributed by atoms with E-state index in [0.29, 0.717) is 0 Å². The highest BCUT2D eigenvalue weighted by Crippen LogP contribution is 2.72. The second-order valence-electron chi connectivity index (χ2n) is 7.69. The zero-order valence-corrected chi connectivity index (χ0v) is 13.2. The molecule has 4 aliphatic rings. The Morgan fingerprint density at radius 1 is 1.17 bits per heavy atom. The Balaban J connectivity index is 2.06. The van der Waals surface area contributed by atoms with Crippen molar-refractivity contribution in [1.29, 1.82) is 0 Å². The zero-order valence-electron chi connectivity index (χ0n) is 13.2. The smallest absolute Gasteiger partial charge is 0.336 e. The summed E-state index contributed by atoms with van der Waals surface area (Å²) in [4.78, 5) is 24.5. The molecule has 9 heteroatoms. The summed E-state index contributed by atoms with van der Waals surface area (Å²) in [5.74, 6) is -2.96. The number of rotatable bonds is 0. The van der Waals surface area contributed by atoms with Crippen molar-refractivity contribution < 1.29 is 44.6 Å². The van der Waals surface area contributed by atoms with Gasteiger partial charge in [0.15, 0.2) is 11.5 Å². The Morgan fingerprint density at radius 2 is 1.79 bits per heavy atom. The summed E-state index contributed by atoms with van der Waals surface area (Å²) in [6.07, 6.45) is -6.61. The monoisotopic (exact) mass is 344 g/mol. The number of carbonyl (C=O) groups excluding carboxylic acids is 2. The molecule has 2 aliphatic heterocycles. The fourth-order valence-corrected chi connectivity index (χ4v) is 5.64. The third kappa shape index (κ3) is 1.18. The van der Waals surface area contributed by atoms with Gasteiger partial charge in [-0.2, -0.15) is 0 Å². The van der Waals surface area contributed by atoms with Gasteiger partial charge in [-0.3, -0.25) is 4.79 Å². The number of esters is 2. The largest absolute Gasteiger partial charge is 0.464 e. The average molecular weight is 344 g/mol. The summed E-state index contributed by atoms with van der Waals surface area (Å²) in [6, 6.07) is 0. The van der Waals surface area contributed by atoms with Gasteiger partial charge in [0, 0.05) is 5.41 Å². The normalized spacial score (nSPS) is 61.9. The van der Waals surface area contributed by atoms with Crippen LogP contribution in [-0.2, 0) is 19.1 Å². The number of hydrogen-bond acceptors (Lipinski definition) is 9. The van der Waals surface area contributed by atoms with Gasteiger partial charge < -0.3 is 35.0 Å². The number of hydrogen-bond donors (Lipinski definition) is 5. The molecule has 2 heterocycles. The van der Waals surface area contributed by atoms with Crippen LogP contribution in [0.2, 0.25) is 0 Å². The minimum absolute atomic E-state index is 0.201. The number of fused-ring (bicyclic) bond motifs is 2. The minimum Gasteiger partial charge on any atom is -0.464 e. The van der Waals surface area contributed by atoms with E-state index in [1.54, 1.807) is 0 Å². The molecule has 0 aromatic heterocycles. The van der Waals surface area contributed by atoms with E-state index >= 15 is 0 Å². The van der Waals surface area contributed by atoms with Crippen molar-refractivity contribution in [2.45, 2.75) is 55.9 Å². The van der Waals surface area contributed by atoms with Crippen LogP contribution in [0.15, 0.2) is 0 Å². The first-order chi connectivity index (χ1) is 11.0. The Hall–Kier alpha value is -1.26. The molecule has 2 aliphatic carbocycles. The van der Waals surface area contributed by atoms with Gasteiger partial charge in [0.25, 0.3) is 0 Å². The quantitative estimate of drug-likeness (QED) is 0.290. The van der Waals surface area contributed by atoms with E-state index in [0.717, 1.165) is 0 Å². The van der Waals surface area contributed by atoms with Gasteiger partial charge >= 0.3 is 11.9 Å². The predicted octanol–water partition coefficient (Wildman–Crippen LogP) is -2.94. The molecule has 2 saturated heterocycles. The van der Waals surface area contributed by atoms with Crippen LogP contribution in [0.3, 0.4) is 0 Å². The highest BCUT2D eigenvalue weighted by atomic mass is 16.6. The van der Waals surface area contributed by atoms with Gasteiger partial charge in [-0.15, -0.1) is 0 Å². The second-order valence-corrected chi connectivity index (χ2v) is 7.69. The molecule has 4 fully saturated rings. The van der Waals surface area contributed by atoms with Gasteiger partial charge in [0.1, 0.15) is 30.0 Å². The number of cyclic esters (lactones) is 1. The maximum atomic E-state index is 12.4. The van der Waals surface area contributed by atoms with Gasteiger partial charge in [0.2, 0.25) is 0 Å². The van der Waals surface area contributed by atoms with Gasteiger partial charge in [0.05, 0.1) is 6.10 Å². The number of aliphatic hydroxyl groups is 5. The molecule has 24 heavy (non-hydrogen) atoms. The number of ether oxygens (including phenoxy) is 2. The molecular weight excluding hydrogens is 324 g/mol. The van der Waals surface area contributed by atoms with Crippen LogP contribution in [0.1, 0.15) is 20.3 Å². The second kappa shape index (κ2) is 4.10. The first kappa shape index (κ1) is 16.2. The van der Waals surface area contributed by atoms with Crippen LogP contribution in [0.25, 0.3) is 0 Å². The highest BCUT2D eigenvalue weighted by molar-refractivity contribution is 5.88. The van der Waals surface area contributed by atoms with Gasteiger partial charge in [-0.1, -0.05) is 6.92 Å². The minimum atomic E-state index is -2.45. The van der Waals surface area contributed by atoms with Crippen molar-refractivity contribution in [1.82, 2.24) is 0 Å². The van der Waals surface area contributed by atoms with Crippen molar-refractivity contribution in [3.63, 3.8) is 0 Å². The molecule has 2 saturated carbocycles. The summed E-state index contributed by atoms with van der Waals surface area (Å²) >= 11 is 0. The molecule has 2 bridgehead atoms. The Labute approximate surface area is 136 Å². The van der Waals surface area contributed by atoms with E-state index in [4.69, 9.17) is 9.47 Å². The summed E-state index contributed by atoms with van der Waals surface area (Å²) in [6.45, 7) is 2.28. The summed E-state index contributed by atoms with van der Waals surface area (Å²) in [5, 5.41) is 54.1. The maximum Gasteiger partial charge on any atom is 0.336 e. The van der Waals surface area contributed by atoms with Crippen LogP contribution >= 0.6 is 0 Å². The number of carbonyl (C=O) groups is 2. The fraction of sp³-hybridized carbons (Fsp3) is 0.867. The molecule has 0 aromatic rings. The third-order valence-corrected chi connectivity index (χ3v) is 7.19. The molecule has 4 rings (SSSR count). The Kier molecular flexibility index (Phi) is 2.77. The summed E-state index contributed by atoms with van der Waals surface area (Å²) in [7, 11) is 0. The van der Waals surface area contributed by atoms with E-state index in [9.17, 15) is 35.1 Å². The van der Waals surface area contributed by atoms with E-state index in [1.165, 1.54) is 13.8 Å². The predicted molar refractivity (Wildman–Crippen MR) is 73.1 cm³/mol. The molecule has 0 radical (unpaired) electrons. The fourth-order valence-electron chi connectivity index (χ4n) is 5.64. The third-order valence-electron chi connectivity index (χ3n) is 7.19. The highest BCUT2D eigenvalue weighted by Gasteiger charge is 2.90. The van der Waals surface area contributed by atoms with Crippen LogP contribution in [0.4, 0.5) is 0 Å². The zero-order chi connectivity index (χ0) is 17.9. The van der Waals surface area contributed by atoms with Crippen molar-refractivity contribution in [3.05, 3.63) is 0 Å². The van der Waals surface area contributed by atoms with Crippen molar-refractivity contribution in [2.24, 2.45) is 16.7 Å². The summed E-state index contributed by atoms with van der Waals surface area (Å²) in [5.41, 5.74) is -8.25.